The zero-order chi connectivity index (χ0) is 12.5. The maximum absolute atomic E-state index is 5.68. The minimum Gasteiger partial charge on any atom is -0.383 e. The van der Waals surface area contributed by atoms with E-state index in [1.54, 1.807) is 13.3 Å². The van der Waals surface area contributed by atoms with Gasteiger partial charge in [-0.1, -0.05) is 12.1 Å². The molecule has 0 aliphatic heterocycles. The van der Waals surface area contributed by atoms with Gasteiger partial charge >= 0.3 is 0 Å². The molecule has 92 valence electrons. The Labute approximate surface area is 98.3 Å². The minimum absolute atomic E-state index is 0.336. The maximum atomic E-state index is 5.68. The molecule has 2 aromatic heterocycles. The topological polar surface area (TPSA) is 103 Å². The fourth-order valence-electron chi connectivity index (χ4n) is 1.41. The Balaban J connectivity index is 2.37. The molecule has 0 radical (unpaired) electrons. The number of methoxy groups -OCH3 is 1. The summed E-state index contributed by atoms with van der Waals surface area (Å²) >= 11 is 0. The molecule has 7 heteroatoms. The number of hydrogen-bond acceptors (Lipinski definition) is 6. The molecule has 3 N–H and O–H groups in total. The normalized spacial score (nSPS) is 14.8. The van der Waals surface area contributed by atoms with E-state index in [0.29, 0.717) is 23.1 Å². The molecule has 1 atom stereocenters. The highest BCUT2D eigenvalue weighted by Crippen LogP contribution is 2.29. The van der Waals surface area contributed by atoms with Gasteiger partial charge in [-0.3, -0.25) is 5.10 Å². The van der Waals surface area contributed by atoms with Gasteiger partial charge in [0.05, 0.1) is 6.20 Å². The van der Waals surface area contributed by atoms with Crippen LogP contribution in [-0.2, 0) is 10.3 Å². The molecule has 7 nitrogen and oxygen atoms in total. The van der Waals surface area contributed by atoms with Crippen LogP contribution < -0.4 is 5.73 Å². The highest BCUT2D eigenvalue weighted by molar-refractivity contribution is 5.65. The van der Waals surface area contributed by atoms with Gasteiger partial charge in [0.1, 0.15) is 17.0 Å². The number of nitrogens with one attached hydrogen (secondary N) is 1. The highest BCUT2D eigenvalue weighted by atomic mass is 16.5. The third-order valence-corrected chi connectivity index (χ3v) is 2.92. The van der Waals surface area contributed by atoms with Gasteiger partial charge in [-0.25, -0.2) is 0 Å². The zero-order valence-electron chi connectivity index (χ0n) is 10.0. The van der Waals surface area contributed by atoms with E-state index in [2.05, 4.69) is 20.3 Å². The van der Waals surface area contributed by atoms with Crippen molar-refractivity contribution in [3.8, 4) is 11.5 Å². The lowest BCUT2D eigenvalue weighted by molar-refractivity contribution is -0.0106. The van der Waals surface area contributed by atoms with E-state index in [4.69, 9.17) is 15.0 Å². The van der Waals surface area contributed by atoms with Gasteiger partial charge in [-0.15, -0.1) is 0 Å². The Kier molecular flexibility index (Phi) is 2.84. The SMILES string of the molecule is CCC(C)(OC)c1noc(-c2cn[nH]c2N)n1. The summed E-state index contributed by atoms with van der Waals surface area (Å²) in [5.41, 5.74) is 5.72. The van der Waals surface area contributed by atoms with Gasteiger partial charge in [0.15, 0.2) is 0 Å². The van der Waals surface area contributed by atoms with Crippen LogP contribution in [0.1, 0.15) is 26.1 Å². The molecule has 0 saturated heterocycles. The maximum Gasteiger partial charge on any atom is 0.263 e. The fraction of sp³-hybridized carbons (Fsp3) is 0.500. The summed E-state index contributed by atoms with van der Waals surface area (Å²) < 4.78 is 10.6. The largest absolute Gasteiger partial charge is 0.383 e. The number of nitrogen functional groups attached to an aromatic ring is 1. The molecule has 0 fully saturated rings. The second-order valence-corrected chi connectivity index (χ2v) is 3.91. The molecule has 17 heavy (non-hydrogen) atoms. The number of aromatic nitrogens is 4. The number of hydrogen-bond donors (Lipinski definition) is 2. The van der Waals surface area contributed by atoms with E-state index in [1.807, 2.05) is 13.8 Å². The Morgan fingerprint density at radius 3 is 2.88 bits per heavy atom. The zero-order valence-corrected chi connectivity index (χ0v) is 10.0. The van der Waals surface area contributed by atoms with Crippen LogP contribution in [0.3, 0.4) is 0 Å². The van der Waals surface area contributed by atoms with Crippen molar-refractivity contribution in [2.24, 2.45) is 0 Å². The summed E-state index contributed by atoms with van der Waals surface area (Å²) in [5.74, 6) is 1.23. The predicted molar refractivity (Wildman–Crippen MR) is 60.9 cm³/mol. The van der Waals surface area contributed by atoms with E-state index in [9.17, 15) is 0 Å². The van der Waals surface area contributed by atoms with Crippen LogP contribution in [0.25, 0.3) is 11.5 Å². The number of rotatable bonds is 4. The molecule has 1 unspecified atom stereocenters. The molecule has 0 spiro atoms. The van der Waals surface area contributed by atoms with Crippen molar-refractivity contribution >= 4 is 5.82 Å². The third-order valence-electron chi connectivity index (χ3n) is 2.92. The average molecular weight is 237 g/mol. The van der Waals surface area contributed by atoms with Gasteiger partial charge < -0.3 is 15.0 Å². The summed E-state index contributed by atoms with van der Waals surface area (Å²) in [6, 6.07) is 0. The second kappa shape index (κ2) is 4.17. The number of aromatic amines is 1. The van der Waals surface area contributed by atoms with Gasteiger partial charge in [-0.2, -0.15) is 10.1 Å². The Hall–Kier alpha value is -1.89. The molecule has 2 aromatic rings. The van der Waals surface area contributed by atoms with Gasteiger partial charge in [0.2, 0.25) is 5.82 Å². The van der Waals surface area contributed by atoms with Crippen molar-refractivity contribution in [2.75, 3.05) is 12.8 Å². The molecule has 2 rings (SSSR count). The predicted octanol–water partition coefficient (Wildman–Crippen LogP) is 1.31. The van der Waals surface area contributed by atoms with Crippen molar-refractivity contribution in [1.29, 1.82) is 0 Å². The lowest BCUT2D eigenvalue weighted by atomic mass is 10.0. The molecular formula is C10H15N5O2. The van der Waals surface area contributed by atoms with Crippen LogP contribution >= 0.6 is 0 Å². The van der Waals surface area contributed by atoms with Gasteiger partial charge in [-0.05, 0) is 13.3 Å². The lowest BCUT2D eigenvalue weighted by Gasteiger charge is -2.21. The molecule has 0 aromatic carbocycles. The molecule has 0 saturated carbocycles. The summed E-state index contributed by atoms with van der Waals surface area (Å²) in [4.78, 5) is 4.28. The average Bonchev–Trinajstić information content (AvgIpc) is 2.96. The first-order valence-corrected chi connectivity index (χ1v) is 5.29. The number of nitrogens with two attached hydrogens (primary N) is 1. The second-order valence-electron chi connectivity index (χ2n) is 3.91. The Bertz CT molecular complexity index is 500. The van der Waals surface area contributed by atoms with E-state index in [0.717, 1.165) is 6.42 Å². The molecular weight excluding hydrogens is 222 g/mol. The Morgan fingerprint density at radius 1 is 1.59 bits per heavy atom. The molecule has 0 aliphatic rings. The van der Waals surface area contributed by atoms with Crippen LogP contribution in [0.5, 0.6) is 0 Å². The van der Waals surface area contributed by atoms with Crippen LogP contribution in [0.15, 0.2) is 10.7 Å². The third kappa shape index (κ3) is 1.89. The number of anilines is 1. The molecule has 0 aliphatic carbocycles. The van der Waals surface area contributed by atoms with E-state index in [-0.39, 0.29) is 0 Å². The summed E-state index contributed by atoms with van der Waals surface area (Å²) in [5, 5.41) is 10.3. The van der Waals surface area contributed by atoms with Crippen LogP contribution in [0, 0.1) is 0 Å². The van der Waals surface area contributed by atoms with Gasteiger partial charge in [0, 0.05) is 7.11 Å². The summed E-state index contributed by atoms with van der Waals surface area (Å²) in [6.45, 7) is 3.89. The molecule has 0 amide bonds. The first kappa shape index (κ1) is 11.6. The van der Waals surface area contributed by atoms with Crippen molar-refractivity contribution in [3.05, 3.63) is 12.0 Å². The monoisotopic (exact) mass is 237 g/mol. The lowest BCUT2D eigenvalue weighted by Crippen LogP contribution is -2.24. The van der Waals surface area contributed by atoms with E-state index in [1.165, 1.54) is 0 Å². The first-order valence-electron chi connectivity index (χ1n) is 5.29. The van der Waals surface area contributed by atoms with Gasteiger partial charge in [0.25, 0.3) is 5.89 Å². The van der Waals surface area contributed by atoms with E-state index < -0.39 is 5.60 Å². The van der Waals surface area contributed by atoms with Crippen molar-refractivity contribution in [2.45, 2.75) is 25.9 Å². The highest BCUT2D eigenvalue weighted by Gasteiger charge is 2.30. The van der Waals surface area contributed by atoms with E-state index >= 15 is 0 Å². The van der Waals surface area contributed by atoms with Crippen LogP contribution in [-0.4, -0.2) is 27.4 Å². The number of H-pyrrole nitrogens is 1. The number of nitrogens with zero attached hydrogens (tertiary/aromatic N) is 3. The standard InChI is InChI=1S/C10H15N5O2/c1-4-10(2,16-3)9-13-8(17-15-9)6-5-12-14-7(6)11/h5H,4H2,1-3H3,(H3,11,12,14). The van der Waals surface area contributed by atoms with Crippen molar-refractivity contribution in [3.63, 3.8) is 0 Å². The summed E-state index contributed by atoms with van der Waals surface area (Å²) in [6.07, 6.45) is 2.28. The quantitative estimate of drug-likeness (QED) is 0.831. The number of ether oxygens (including phenoxy) is 1. The Morgan fingerprint density at radius 2 is 2.35 bits per heavy atom. The smallest absolute Gasteiger partial charge is 0.263 e. The van der Waals surface area contributed by atoms with Crippen LogP contribution in [0.4, 0.5) is 5.82 Å². The van der Waals surface area contributed by atoms with Crippen molar-refractivity contribution < 1.29 is 9.26 Å². The van der Waals surface area contributed by atoms with Crippen LogP contribution in [0.2, 0.25) is 0 Å². The molecule has 0 bridgehead atoms. The first-order chi connectivity index (χ1) is 8.10. The van der Waals surface area contributed by atoms with Crippen molar-refractivity contribution in [1.82, 2.24) is 20.3 Å². The minimum atomic E-state index is -0.555. The molecule has 2 heterocycles. The summed E-state index contributed by atoms with van der Waals surface area (Å²) in [7, 11) is 1.62. The fourth-order valence-corrected chi connectivity index (χ4v) is 1.41.